The number of aromatic nitrogens is 4. The molecule has 0 fully saturated rings. The molecule has 0 amide bonds. The number of rotatable bonds is 5. The van der Waals surface area contributed by atoms with Crippen molar-refractivity contribution in [2.75, 3.05) is 11.9 Å². The summed E-state index contributed by atoms with van der Waals surface area (Å²) in [6.07, 6.45) is 6.24. The maximum Gasteiger partial charge on any atom is 0.356 e. The van der Waals surface area contributed by atoms with E-state index in [-0.39, 0.29) is 5.69 Å². The van der Waals surface area contributed by atoms with Crippen LogP contribution in [0.3, 0.4) is 0 Å². The number of hydrogen-bond donors (Lipinski definition) is 2. The van der Waals surface area contributed by atoms with Crippen molar-refractivity contribution in [1.82, 2.24) is 19.7 Å². The van der Waals surface area contributed by atoms with Gasteiger partial charge in [-0.05, 0) is 6.07 Å². The maximum absolute atomic E-state index is 10.7. The van der Waals surface area contributed by atoms with Crippen LogP contribution in [0.2, 0.25) is 0 Å². The molecule has 0 atom stereocenters. The third-order valence-corrected chi connectivity index (χ3v) is 2.06. The number of hydrogen-bond acceptors (Lipinski definition) is 5. The molecule has 17 heavy (non-hydrogen) atoms. The Morgan fingerprint density at radius 2 is 2.35 bits per heavy atom. The highest BCUT2D eigenvalue weighted by molar-refractivity contribution is 5.85. The molecule has 0 aliphatic heterocycles. The predicted octanol–water partition coefficient (Wildman–Crippen LogP) is 0.483. The lowest BCUT2D eigenvalue weighted by atomic mass is 10.4. The lowest BCUT2D eigenvalue weighted by Gasteiger charge is -2.05. The van der Waals surface area contributed by atoms with Crippen LogP contribution in [0.25, 0.3) is 0 Å². The van der Waals surface area contributed by atoms with Gasteiger partial charge >= 0.3 is 5.97 Å². The molecular weight excluding hydrogens is 222 g/mol. The van der Waals surface area contributed by atoms with E-state index in [0.29, 0.717) is 18.9 Å². The summed E-state index contributed by atoms with van der Waals surface area (Å²) >= 11 is 0. The van der Waals surface area contributed by atoms with E-state index in [4.69, 9.17) is 5.11 Å². The van der Waals surface area contributed by atoms with Crippen LogP contribution in [0.4, 0.5) is 5.82 Å². The van der Waals surface area contributed by atoms with Crippen molar-refractivity contribution in [2.24, 2.45) is 0 Å². The molecule has 0 unspecified atom stereocenters. The Bertz CT molecular complexity index is 497. The van der Waals surface area contributed by atoms with Crippen molar-refractivity contribution in [3.8, 4) is 0 Å². The van der Waals surface area contributed by atoms with Gasteiger partial charge in [-0.1, -0.05) is 0 Å². The number of nitrogens with one attached hydrogen (secondary N) is 1. The lowest BCUT2D eigenvalue weighted by molar-refractivity contribution is 0.0690. The molecule has 0 aliphatic rings. The van der Waals surface area contributed by atoms with E-state index < -0.39 is 5.97 Å². The molecule has 2 N–H and O–H groups in total. The number of nitrogens with zero attached hydrogens (tertiary/aromatic N) is 4. The van der Waals surface area contributed by atoms with E-state index in [1.165, 1.54) is 12.4 Å². The van der Waals surface area contributed by atoms with Gasteiger partial charge in [-0.15, -0.1) is 0 Å². The van der Waals surface area contributed by atoms with Crippen LogP contribution in [0, 0.1) is 0 Å². The lowest BCUT2D eigenvalue weighted by Crippen LogP contribution is -2.13. The Labute approximate surface area is 97.1 Å². The van der Waals surface area contributed by atoms with E-state index in [1.807, 2.05) is 12.3 Å². The van der Waals surface area contributed by atoms with Gasteiger partial charge in [0.05, 0.1) is 18.9 Å². The average Bonchev–Trinajstić information content (AvgIpc) is 2.82. The van der Waals surface area contributed by atoms with Gasteiger partial charge in [0.2, 0.25) is 0 Å². The van der Waals surface area contributed by atoms with Crippen molar-refractivity contribution in [1.29, 1.82) is 0 Å². The van der Waals surface area contributed by atoms with Gasteiger partial charge < -0.3 is 10.4 Å². The largest absolute Gasteiger partial charge is 0.476 e. The first-order valence-electron chi connectivity index (χ1n) is 5.02. The second kappa shape index (κ2) is 5.06. The number of carbonyl (C=O) groups is 1. The summed E-state index contributed by atoms with van der Waals surface area (Å²) in [5, 5.41) is 15.8. The Morgan fingerprint density at radius 1 is 1.47 bits per heavy atom. The van der Waals surface area contributed by atoms with Crippen LogP contribution in [-0.4, -0.2) is 37.4 Å². The van der Waals surface area contributed by atoms with Crippen molar-refractivity contribution in [3.05, 3.63) is 36.5 Å². The van der Waals surface area contributed by atoms with Crippen LogP contribution >= 0.6 is 0 Å². The minimum atomic E-state index is -1.09. The summed E-state index contributed by atoms with van der Waals surface area (Å²) in [5.41, 5.74) is -0.0749. The molecule has 0 radical (unpaired) electrons. The molecule has 0 aromatic carbocycles. The zero-order valence-corrected chi connectivity index (χ0v) is 8.95. The van der Waals surface area contributed by atoms with Crippen LogP contribution in [-0.2, 0) is 6.54 Å². The molecule has 2 rings (SSSR count). The Morgan fingerprint density at radius 3 is 3.06 bits per heavy atom. The molecule has 0 bridgehead atoms. The number of anilines is 1. The SMILES string of the molecule is O=C(O)c1cncc(NCCn2cccn2)n1. The van der Waals surface area contributed by atoms with Crippen LogP contribution in [0.1, 0.15) is 10.5 Å². The van der Waals surface area contributed by atoms with E-state index >= 15 is 0 Å². The topological polar surface area (TPSA) is 92.9 Å². The van der Waals surface area contributed by atoms with Crippen molar-refractivity contribution in [2.45, 2.75) is 6.54 Å². The molecule has 7 heteroatoms. The van der Waals surface area contributed by atoms with Gasteiger partial charge in [-0.25, -0.2) is 9.78 Å². The van der Waals surface area contributed by atoms with Crippen LogP contribution < -0.4 is 5.32 Å². The molecule has 7 nitrogen and oxygen atoms in total. The van der Waals surface area contributed by atoms with E-state index in [2.05, 4.69) is 20.4 Å². The van der Waals surface area contributed by atoms with Gasteiger partial charge in [-0.3, -0.25) is 9.67 Å². The first kappa shape index (κ1) is 11.1. The number of aromatic carboxylic acids is 1. The van der Waals surface area contributed by atoms with Crippen molar-refractivity contribution < 1.29 is 9.90 Å². The zero-order chi connectivity index (χ0) is 12.1. The predicted molar refractivity (Wildman–Crippen MR) is 59.7 cm³/mol. The molecule has 0 saturated carbocycles. The summed E-state index contributed by atoms with van der Waals surface area (Å²) in [6.45, 7) is 1.27. The summed E-state index contributed by atoms with van der Waals surface area (Å²) in [7, 11) is 0. The molecule has 2 aromatic rings. The Hall–Kier alpha value is -2.44. The van der Waals surface area contributed by atoms with Gasteiger partial charge in [0, 0.05) is 18.9 Å². The van der Waals surface area contributed by atoms with Gasteiger partial charge in [0.15, 0.2) is 5.69 Å². The summed E-state index contributed by atoms with van der Waals surface area (Å²) in [4.78, 5) is 18.4. The standard InChI is InChI=1S/C10H11N5O2/c16-10(17)8-6-11-7-9(14-8)12-3-5-15-4-1-2-13-15/h1-2,4,6-7H,3,5H2,(H,12,14)(H,16,17). The monoisotopic (exact) mass is 233 g/mol. The minimum absolute atomic E-state index is 0.0749. The fraction of sp³-hybridized carbons (Fsp3) is 0.200. The molecule has 0 spiro atoms. The number of carboxylic acids is 1. The number of carboxylic acid groups (broad SMARTS) is 1. The van der Waals surface area contributed by atoms with Crippen LogP contribution in [0.15, 0.2) is 30.9 Å². The fourth-order valence-electron chi connectivity index (χ4n) is 1.29. The molecule has 0 aliphatic carbocycles. The van der Waals surface area contributed by atoms with Gasteiger partial charge in [-0.2, -0.15) is 5.10 Å². The Balaban J connectivity index is 1.90. The second-order valence-electron chi connectivity index (χ2n) is 3.29. The van der Waals surface area contributed by atoms with Crippen LogP contribution in [0.5, 0.6) is 0 Å². The Kier molecular flexibility index (Phi) is 3.29. The normalized spacial score (nSPS) is 10.1. The first-order valence-corrected chi connectivity index (χ1v) is 5.02. The van der Waals surface area contributed by atoms with Gasteiger partial charge in [0.25, 0.3) is 0 Å². The van der Waals surface area contributed by atoms with Gasteiger partial charge in [0.1, 0.15) is 5.82 Å². The third kappa shape index (κ3) is 3.00. The molecule has 88 valence electrons. The van der Waals surface area contributed by atoms with E-state index in [0.717, 1.165) is 0 Å². The minimum Gasteiger partial charge on any atom is -0.476 e. The van der Waals surface area contributed by atoms with Crippen molar-refractivity contribution in [3.63, 3.8) is 0 Å². The molecule has 2 aromatic heterocycles. The zero-order valence-electron chi connectivity index (χ0n) is 8.95. The highest BCUT2D eigenvalue weighted by Gasteiger charge is 2.05. The first-order chi connectivity index (χ1) is 8.25. The molecule has 2 heterocycles. The summed E-state index contributed by atoms with van der Waals surface area (Å²) in [6, 6.07) is 1.84. The molecular formula is C10H11N5O2. The summed E-state index contributed by atoms with van der Waals surface area (Å²) < 4.78 is 1.77. The highest BCUT2D eigenvalue weighted by atomic mass is 16.4. The average molecular weight is 233 g/mol. The quantitative estimate of drug-likeness (QED) is 0.780. The highest BCUT2D eigenvalue weighted by Crippen LogP contribution is 2.01. The van der Waals surface area contributed by atoms with E-state index in [9.17, 15) is 4.79 Å². The smallest absolute Gasteiger partial charge is 0.356 e. The van der Waals surface area contributed by atoms with Crippen molar-refractivity contribution >= 4 is 11.8 Å². The maximum atomic E-state index is 10.7. The molecule has 0 saturated heterocycles. The fourth-order valence-corrected chi connectivity index (χ4v) is 1.29. The third-order valence-electron chi connectivity index (χ3n) is 2.06. The summed E-state index contributed by atoms with van der Waals surface area (Å²) in [5.74, 6) is -0.648. The second-order valence-corrected chi connectivity index (χ2v) is 3.29. The van der Waals surface area contributed by atoms with E-state index in [1.54, 1.807) is 10.9 Å².